The fourth-order valence-electron chi connectivity index (χ4n) is 3.79. The normalized spacial score (nSPS) is 16.1. The second-order valence-corrected chi connectivity index (χ2v) is 7.65. The molecule has 0 amide bonds. The molecule has 8 heteroatoms. The van der Waals surface area contributed by atoms with Crippen molar-refractivity contribution in [2.45, 2.75) is 25.6 Å². The van der Waals surface area contributed by atoms with E-state index in [2.05, 4.69) is 20.2 Å². The van der Waals surface area contributed by atoms with Gasteiger partial charge < -0.3 is 5.32 Å². The molecule has 0 aliphatic carbocycles. The highest BCUT2D eigenvalue weighted by Crippen LogP contribution is 2.30. The summed E-state index contributed by atoms with van der Waals surface area (Å²) in [5.74, 6) is 0.784. The zero-order valence-electron chi connectivity index (χ0n) is 16.3. The molecule has 1 aliphatic heterocycles. The molecule has 0 atom stereocenters. The SMILES string of the molecule is Fc1ccc(CN2CCC(CNc3nccc4nc(C(F)(F)F)ccc34)CC2)cc1. The average molecular weight is 418 g/mol. The predicted octanol–water partition coefficient (Wildman–Crippen LogP) is 5.11. The second-order valence-electron chi connectivity index (χ2n) is 7.65. The van der Waals surface area contributed by atoms with Crippen LogP contribution in [-0.4, -0.2) is 34.5 Å². The molecule has 1 saturated heterocycles. The first kappa shape index (κ1) is 20.5. The van der Waals surface area contributed by atoms with E-state index in [-0.39, 0.29) is 11.3 Å². The minimum atomic E-state index is -4.47. The average Bonchev–Trinajstić information content (AvgIpc) is 2.74. The largest absolute Gasteiger partial charge is 0.433 e. The number of hydrogen-bond donors (Lipinski definition) is 1. The number of rotatable bonds is 5. The summed E-state index contributed by atoms with van der Waals surface area (Å²) in [7, 11) is 0. The van der Waals surface area contributed by atoms with Crippen molar-refractivity contribution in [3.05, 3.63) is 65.7 Å². The lowest BCUT2D eigenvalue weighted by Crippen LogP contribution is -2.35. The summed E-state index contributed by atoms with van der Waals surface area (Å²) in [6.07, 6.45) is -0.971. The van der Waals surface area contributed by atoms with Gasteiger partial charge in [0, 0.05) is 24.7 Å². The fourth-order valence-corrected chi connectivity index (χ4v) is 3.79. The summed E-state index contributed by atoms with van der Waals surface area (Å²) in [5.41, 5.74) is 0.468. The van der Waals surface area contributed by atoms with Crippen LogP contribution in [0.25, 0.3) is 10.9 Å². The third-order valence-corrected chi connectivity index (χ3v) is 5.49. The van der Waals surface area contributed by atoms with Crippen LogP contribution < -0.4 is 5.32 Å². The van der Waals surface area contributed by atoms with Crippen LogP contribution in [0.5, 0.6) is 0 Å². The van der Waals surface area contributed by atoms with Crippen molar-refractivity contribution in [1.29, 1.82) is 0 Å². The number of fused-ring (bicyclic) bond motifs is 1. The molecule has 1 N–H and O–H groups in total. The van der Waals surface area contributed by atoms with Crippen molar-refractivity contribution >= 4 is 16.7 Å². The lowest BCUT2D eigenvalue weighted by atomic mass is 9.96. The first-order valence-electron chi connectivity index (χ1n) is 9.92. The van der Waals surface area contributed by atoms with E-state index in [4.69, 9.17) is 0 Å². The van der Waals surface area contributed by atoms with Crippen LogP contribution in [-0.2, 0) is 12.7 Å². The maximum atomic E-state index is 13.0. The number of benzene rings is 1. The van der Waals surface area contributed by atoms with E-state index in [0.717, 1.165) is 44.1 Å². The van der Waals surface area contributed by atoms with Gasteiger partial charge in [0.25, 0.3) is 0 Å². The Balaban J connectivity index is 1.33. The molecule has 4 nitrogen and oxygen atoms in total. The summed E-state index contributed by atoms with van der Waals surface area (Å²) in [4.78, 5) is 10.4. The molecule has 0 saturated carbocycles. The summed E-state index contributed by atoms with van der Waals surface area (Å²) in [6.45, 7) is 3.41. The molecule has 1 aliphatic rings. The smallest absolute Gasteiger partial charge is 0.369 e. The lowest BCUT2D eigenvalue weighted by Gasteiger charge is -2.32. The highest BCUT2D eigenvalue weighted by molar-refractivity contribution is 5.89. The molecule has 4 rings (SSSR count). The quantitative estimate of drug-likeness (QED) is 0.585. The molecule has 0 radical (unpaired) electrons. The number of pyridine rings is 2. The van der Waals surface area contributed by atoms with E-state index < -0.39 is 11.9 Å². The number of halogens is 4. The first-order valence-corrected chi connectivity index (χ1v) is 9.92. The number of hydrogen-bond acceptors (Lipinski definition) is 4. The topological polar surface area (TPSA) is 41.0 Å². The number of alkyl halides is 3. The Kier molecular flexibility index (Phi) is 5.85. The molecule has 30 heavy (non-hydrogen) atoms. The first-order chi connectivity index (χ1) is 14.4. The van der Waals surface area contributed by atoms with E-state index in [1.165, 1.54) is 30.5 Å². The minimum Gasteiger partial charge on any atom is -0.369 e. The van der Waals surface area contributed by atoms with Crippen molar-refractivity contribution in [3.63, 3.8) is 0 Å². The minimum absolute atomic E-state index is 0.226. The molecular weight excluding hydrogens is 396 g/mol. The molecule has 3 aromatic rings. The number of nitrogens with one attached hydrogen (secondary N) is 1. The van der Waals surface area contributed by atoms with E-state index in [9.17, 15) is 17.6 Å². The van der Waals surface area contributed by atoms with E-state index in [1.54, 1.807) is 0 Å². The van der Waals surface area contributed by atoms with Gasteiger partial charge >= 0.3 is 6.18 Å². The van der Waals surface area contributed by atoms with Gasteiger partial charge in [-0.2, -0.15) is 13.2 Å². The van der Waals surface area contributed by atoms with Crippen LogP contribution in [0.3, 0.4) is 0 Å². The molecule has 1 aromatic carbocycles. The Morgan fingerprint density at radius 3 is 2.43 bits per heavy atom. The summed E-state index contributed by atoms with van der Waals surface area (Å²) in [5, 5.41) is 3.88. The van der Waals surface area contributed by atoms with E-state index >= 15 is 0 Å². The van der Waals surface area contributed by atoms with Crippen molar-refractivity contribution in [2.75, 3.05) is 25.0 Å². The maximum absolute atomic E-state index is 13.0. The Bertz CT molecular complexity index is 996. The number of piperidine rings is 1. The molecule has 0 bridgehead atoms. The zero-order chi connectivity index (χ0) is 21.1. The Morgan fingerprint density at radius 1 is 1.00 bits per heavy atom. The molecule has 158 valence electrons. The van der Waals surface area contributed by atoms with Gasteiger partial charge in [0.2, 0.25) is 0 Å². The standard InChI is InChI=1S/C22H22F4N4/c23-17-3-1-16(2-4-17)14-30-11-8-15(9-12-30)13-28-21-18-5-6-20(22(24,25)26)29-19(18)7-10-27-21/h1-7,10,15H,8-9,11-14H2,(H,27,28). The summed E-state index contributed by atoms with van der Waals surface area (Å²) >= 11 is 0. The van der Waals surface area contributed by atoms with Gasteiger partial charge in [0.15, 0.2) is 0 Å². The number of nitrogens with zero attached hydrogens (tertiary/aromatic N) is 3. The van der Waals surface area contributed by atoms with Crippen LogP contribution in [0.2, 0.25) is 0 Å². The lowest BCUT2D eigenvalue weighted by molar-refractivity contribution is -0.140. The van der Waals surface area contributed by atoms with Crippen LogP contribution in [0, 0.1) is 11.7 Å². The summed E-state index contributed by atoms with van der Waals surface area (Å²) in [6, 6.07) is 10.5. The van der Waals surface area contributed by atoms with Crippen molar-refractivity contribution < 1.29 is 17.6 Å². The number of aromatic nitrogens is 2. The van der Waals surface area contributed by atoms with E-state index in [0.29, 0.717) is 23.7 Å². The van der Waals surface area contributed by atoms with Crippen LogP contribution in [0.15, 0.2) is 48.7 Å². The van der Waals surface area contributed by atoms with Gasteiger partial charge in [-0.3, -0.25) is 4.90 Å². The highest BCUT2D eigenvalue weighted by atomic mass is 19.4. The Morgan fingerprint density at radius 2 is 1.73 bits per heavy atom. The Hall–Kier alpha value is -2.74. The summed E-state index contributed by atoms with van der Waals surface area (Å²) < 4.78 is 51.7. The van der Waals surface area contributed by atoms with Gasteiger partial charge in [-0.05, 0) is 67.7 Å². The van der Waals surface area contributed by atoms with Crippen molar-refractivity contribution in [3.8, 4) is 0 Å². The third kappa shape index (κ3) is 4.87. The van der Waals surface area contributed by atoms with Crippen molar-refractivity contribution in [1.82, 2.24) is 14.9 Å². The van der Waals surface area contributed by atoms with Gasteiger partial charge in [0.05, 0.1) is 5.52 Å². The number of anilines is 1. The second kappa shape index (κ2) is 8.55. The zero-order valence-corrected chi connectivity index (χ0v) is 16.3. The van der Waals surface area contributed by atoms with Gasteiger partial charge in [-0.1, -0.05) is 12.1 Å². The fraction of sp³-hybridized carbons (Fsp3) is 0.364. The molecule has 2 aromatic heterocycles. The van der Waals surface area contributed by atoms with Crippen LogP contribution >= 0.6 is 0 Å². The highest BCUT2D eigenvalue weighted by Gasteiger charge is 2.32. The van der Waals surface area contributed by atoms with Crippen molar-refractivity contribution in [2.24, 2.45) is 5.92 Å². The number of likely N-dealkylation sites (tertiary alicyclic amines) is 1. The molecule has 0 spiro atoms. The molecule has 0 unspecified atom stereocenters. The molecular formula is C22H22F4N4. The third-order valence-electron chi connectivity index (χ3n) is 5.49. The monoisotopic (exact) mass is 418 g/mol. The Labute approximate surface area is 171 Å². The van der Waals surface area contributed by atoms with Gasteiger partial charge in [-0.15, -0.1) is 0 Å². The van der Waals surface area contributed by atoms with Gasteiger partial charge in [-0.25, -0.2) is 14.4 Å². The van der Waals surface area contributed by atoms with Gasteiger partial charge in [0.1, 0.15) is 17.3 Å². The van der Waals surface area contributed by atoms with Crippen LogP contribution in [0.4, 0.5) is 23.4 Å². The molecule has 3 heterocycles. The van der Waals surface area contributed by atoms with E-state index in [1.807, 2.05) is 12.1 Å². The van der Waals surface area contributed by atoms with Crippen LogP contribution in [0.1, 0.15) is 24.1 Å². The maximum Gasteiger partial charge on any atom is 0.433 e. The molecule has 1 fully saturated rings. The predicted molar refractivity (Wildman–Crippen MR) is 107 cm³/mol.